The lowest BCUT2D eigenvalue weighted by molar-refractivity contribution is -0.203. The van der Waals surface area contributed by atoms with Gasteiger partial charge in [0.15, 0.2) is 20.9 Å². The normalized spacial score (nSPS) is 27.5. The van der Waals surface area contributed by atoms with Crippen LogP contribution in [0, 0.1) is 29.6 Å². The van der Waals surface area contributed by atoms with E-state index in [1.54, 1.807) is 5.57 Å². The first-order valence-corrected chi connectivity index (χ1v) is 25.6. The van der Waals surface area contributed by atoms with Crippen LogP contribution < -0.4 is 0 Å². The third-order valence-corrected chi connectivity index (χ3v) is 18.1. The molecule has 1 saturated carbocycles. The number of hydrogen-bond acceptors (Lipinski definition) is 6. The Bertz CT molecular complexity index is 1350. The first kappa shape index (κ1) is 45.5. The van der Waals surface area contributed by atoms with Gasteiger partial charge in [-0.05, 0) is 152 Å². The van der Waals surface area contributed by atoms with Crippen molar-refractivity contribution in [1.29, 1.82) is 0 Å². The molecule has 7 heteroatoms. The maximum atomic E-state index is 7.08. The highest BCUT2D eigenvalue weighted by Crippen LogP contribution is 2.54. The molecule has 2 heterocycles. The van der Waals surface area contributed by atoms with E-state index >= 15 is 0 Å². The van der Waals surface area contributed by atoms with Gasteiger partial charge < -0.3 is 28.1 Å². The van der Waals surface area contributed by atoms with Crippen LogP contribution in [0.1, 0.15) is 137 Å². The fourth-order valence-electron chi connectivity index (χ4n) is 9.39. The van der Waals surface area contributed by atoms with Crippen molar-refractivity contribution in [1.82, 2.24) is 0 Å². The summed E-state index contributed by atoms with van der Waals surface area (Å²) in [4.78, 5) is 0. The molecule has 0 aromatic heterocycles. The van der Waals surface area contributed by atoms with E-state index in [0.717, 1.165) is 103 Å². The van der Waals surface area contributed by atoms with Crippen LogP contribution in [0.3, 0.4) is 0 Å². The first-order chi connectivity index (χ1) is 26.9. The Morgan fingerprint density at radius 2 is 1.68 bits per heavy atom. The van der Waals surface area contributed by atoms with Crippen molar-refractivity contribution >= 4 is 8.32 Å². The first-order valence-electron chi connectivity index (χ1n) is 22.7. The summed E-state index contributed by atoms with van der Waals surface area (Å²) in [5.41, 5.74) is 4.28. The second-order valence-corrected chi connectivity index (χ2v) is 24.0. The zero-order chi connectivity index (χ0) is 40.0. The van der Waals surface area contributed by atoms with Crippen LogP contribution in [0.5, 0.6) is 0 Å². The number of ether oxygens (including phenoxy) is 5. The molecule has 2 aliphatic carbocycles. The number of benzene rings is 1. The molecular formula is C49H80O6Si. The highest BCUT2D eigenvalue weighted by atomic mass is 28.4. The lowest BCUT2D eigenvalue weighted by Crippen LogP contribution is -2.42. The number of unbranched alkanes of at least 4 members (excludes halogenated alkanes) is 1. The largest absolute Gasteiger partial charge is 0.416 e. The Balaban J connectivity index is 1.35. The number of fused-ring (bicyclic) bond motifs is 1. The Morgan fingerprint density at radius 1 is 0.946 bits per heavy atom. The standard InChI is InChI=1S/C49H80O6Si/c1-9-20-43(54-46-26-14-17-29-51-46)32-39(25-19-21-37(2)3)48-44-33-41(31-42(44)34-45(48)55-47-27-15-18-30-52-47)40(36-53-56(7,8)49(4,5)6)24-13-16-28-50-35-38-22-11-10-12-23-38/h9-12,20-23,31,39-40,42-48H,13-19,24-30,32-36H2,1-8H3. The van der Waals surface area contributed by atoms with Crippen LogP contribution in [-0.4, -0.2) is 59.5 Å². The predicted octanol–water partition coefficient (Wildman–Crippen LogP) is 12.7. The van der Waals surface area contributed by atoms with Crippen molar-refractivity contribution < 1.29 is 28.1 Å². The van der Waals surface area contributed by atoms with Gasteiger partial charge in [0.25, 0.3) is 0 Å². The van der Waals surface area contributed by atoms with E-state index < -0.39 is 8.32 Å². The molecule has 6 nitrogen and oxygen atoms in total. The maximum Gasteiger partial charge on any atom is 0.192 e. The van der Waals surface area contributed by atoms with Crippen LogP contribution in [0.25, 0.3) is 0 Å². The molecule has 4 aliphatic rings. The fraction of sp³-hybridized carbons (Fsp3) is 0.755. The van der Waals surface area contributed by atoms with E-state index in [1.807, 2.05) is 0 Å². The Labute approximate surface area is 343 Å². The van der Waals surface area contributed by atoms with Gasteiger partial charge in [0.1, 0.15) is 0 Å². The van der Waals surface area contributed by atoms with Gasteiger partial charge in [-0.25, -0.2) is 0 Å². The molecule has 2 saturated heterocycles. The van der Waals surface area contributed by atoms with Gasteiger partial charge in [-0.15, -0.1) is 0 Å². The summed E-state index contributed by atoms with van der Waals surface area (Å²) in [5.74, 6) is 2.45. The smallest absolute Gasteiger partial charge is 0.192 e. The molecule has 2 aliphatic heterocycles. The summed E-state index contributed by atoms with van der Waals surface area (Å²) in [6.45, 7) is 22.4. The average Bonchev–Trinajstić information content (AvgIpc) is 3.72. The molecule has 0 amide bonds. The highest BCUT2D eigenvalue weighted by Gasteiger charge is 2.51. The van der Waals surface area contributed by atoms with Crippen molar-refractivity contribution in [2.75, 3.05) is 26.4 Å². The summed E-state index contributed by atoms with van der Waals surface area (Å²) in [5, 5.41) is 0.187. The van der Waals surface area contributed by atoms with Crippen LogP contribution in [-0.2, 0) is 34.7 Å². The van der Waals surface area contributed by atoms with Crippen molar-refractivity contribution in [3.8, 4) is 0 Å². The SMILES string of the molecule is CC=CC(CC(CCC=C(C)C)C1C(OC2CCCCO2)CC2C=C(C(CCCCOCc3ccccc3)CO[Si](C)(C)C(C)(C)C)CC21)OC1CCCCO1. The fourth-order valence-corrected chi connectivity index (χ4v) is 10.4. The lowest BCUT2D eigenvalue weighted by Gasteiger charge is -2.38. The Morgan fingerprint density at radius 3 is 2.34 bits per heavy atom. The molecule has 0 bridgehead atoms. The van der Waals surface area contributed by atoms with Gasteiger partial charge >= 0.3 is 0 Å². The molecule has 1 aromatic rings. The molecule has 0 N–H and O–H groups in total. The van der Waals surface area contributed by atoms with Crippen molar-refractivity contribution in [2.45, 2.75) is 181 Å². The van der Waals surface area contributed by atoms with E-state index in [1.165, 1.54) is 24.0 Å². The molecule has 56 heavy (non-hydrogen) atoms. The number of hydrogen-bond donors (Lipinski definition) is 0. The summed E-state index contributed by atoms with van der Waals surface area (Å²) in [6.07, 6.45) is 25.1. The van der Waals surface area contributed by atoms with Gasteiger partial charge in [-0.3, -0.25) is 0 Å². The zero-order valence-electron chi connectivity index (χ0n) is 36.8. The molecule has 3 fully saturated rings. The van der Waals surface area contributed by atoms with Crippen molar-refractivity contribution in [3.63, 3.8) is 0 Å². The van der Waals surface area contributed by atoms with E-state index in [-0.39, 0.29) is 29.8 Å². The highest BCUT2D eigenvalue weighted by molar-refractivity contribution is 6.74. The number of rotatable bonds is 22. The topological polar surface area (TPSA) is 55.4 Å². The summed E-state index contributed by atoms with van der Waals surface area (Å²) in [7, 11) is -1.90. The summed E-state index contributed by atoms with van der Waals surface area (Å²) in [6, 6.07) is 10.5. The van der Waals surface area contributed by atoms with E-state index in [2.05, 4.69) is 109 Å². The van der Waals surface area contributed by atoms with Gasteiger partial charge in [0.05, 0.1) is 18.8 Å². The maximum absolute atomic E-state index is 7.08. The molecule has 5 rings (SSSR count). The minimum Gasteiger partial charge on any atom is -0.416 e. The Hall–Kier alpha value is -1.58. The third-order valence-electron chi connectivity index (χ3n) is 13.6. The van der Waals surface area contributed by atoms with E-state index in [9.17, 15) is 0 Å². The number of allylic oxidation sites excluding steroid dienone is 4. The molecular weight excluding hydrogens is 713 g/mol. The third kappa shape index (κ3) is 14.0. The molecule has 9 unspecified atom stereocenters. The van der Waals surface area contributed by atoms with E-state index in [4.69, 9.17) is 28.1 Å². The van der Waals surface area contributed by atoms with Crippen molar-refractivity contribution in [3.05, 3.63) is 71.3 Å². The minimum absolute atomic E-state index is 0.0362. The van der Waals surface area contributed by atoms with Crippen molar-refractivity contribution in [2.24, 2.45) is 29.6 Å². The van der Waals surface area contributed by atoms with Gasteiger partial charge in [0, 0.05) is 32.3 Å². The molecule has 1 aromatic carbocycles. The predicted molar refractivity (Wildman–Crippen MR) is 233 cm³/mol. The second kappa shape index (κ2) is 22.7. The van der Waals surface area contributed by atoms with Crippen LogP contribution >= 0.6 is 0 Å². The van der Waals surface area contributed by atoms with Crippen LogP contribution in [0.2, 0.25) is 18.1 Å². The van der Waals surface area contributed by atoms with Gasteiger partial charge in [0.2, 0.25) is 0 Å². The van der Waals surface area contributed by atoms with Gasteiger partial charge in [-0.1, -0.05) is 93.0 Å². The van der Waals surface area contributed by atoms with Crippen LogP contribution in [0.15, 0.2) is 65.8 Å². The van der Waals surface area contributed by atoms with Gasteiger partial charge in [-0.2, -0.15) is 0 Å². The molecule has 0 radical (unpaired) electrons. The lowest BCUT2D eigenvalue weighted by atomic mass is 9.74. The zero-order valence-corrected chi connectivity index (χ0v) is 37.8. The summed E-state index contributed by atoms with van der Waals surface area (Å²) >= 11 is 0. The molecule has 316 valence electrons. The van der Waals surface area contributed by atoms with Crippen LogP contribution in [0.4, 0.5) is 0 Å². The average molecular weight is 793 g/mol. The molecule has 0 spiro atoms. The Kier molecular flexibility index (Phi) is 18.4. The second-order valence-electron chi connectivity index (χ2n) is 19.2. The van der Waals surface area contributed by atoms with E-state index in [0.29, 0.717) is 36.2 Å². The molecule has 9 atom stereocenters. The quantitative estimate of drug-likeness (QED) is 0.0662. The monoisotopic (exact) mass is 793 g/mol. The summed E-state index contributed by atoms with van der Waals surface area (Å²) < 4.78 is 39.4. The minimum atomic E-state index is -1.90.